The van der Waals surface area contributed by atoms with E-state index in [0.29, 0.717) is 29.7 Å². The Morgan fingerprint density at radius 1 is 0.731 bits per heavy atom. The van der Waals surface area contributed by atoms with Crippen molar-refractivity contribution in [1.29, 1.82) is 0 Å². The molecule has 0 fully saturated rings. The van der Waals surface area contributed by atoms with Crippen molar-refractivity contribution in [2.75, 3.05) is 6.61 Å². The molecule has 0 aliphatic heterocycles. The van der Waals surface area contributed by atoms with Gasteiger partial charge in [-0.05, 0) is 59.9 Å². The lowest BCUT2D eigenvalue weighted by Crippen LogP contribution is -1.93. The average molecular weight is 352 g/mol. The normalized spacial score (nSPS) is 10.8. The summed E-state index contributed by atoms with van der Waals surface area (Å²) >= 11 is 0. The first-order valence-electron chi connectivity index (χ1n) is 8.94. The molecule has 3 aromatic carbocycles. The fourth-order valence-electron chi connectivity index (χ4n) is 3.03. The molecule has 0 heterocycles. The number of hydrogen-bond acceptors (Lipinski definition) is 1. The summed E-state index contributed by atoms with van der Waals surface area (Å²) in [4.78, 5) is 0. The fraction of sp³-hybridized carbons (Fsp3) is 0.217. The first kappa shape index (κ1) is 18.1. The zero-order valence-corrected chi connectivity index (χ0v) is 15.1. The Balaban J connectivity index is 1.89. The fourth-order valence-corrected chi connectivity index (χ4v) is 3.03. The maximum atomic E-state index is 14.7. The third-order valence-corrected chi connectivity index (χ3v) is 4.35. The van der Waals surface area contributed by atoms with Gasteiger partial charge in [-0.1, -0.05) is 49.7 Å². The molecule has 3 rings (SSSR count). The minimum Gasteiger partial charge on any atom is -0.494 e. The van der Waals surface area contributed by atoms with Gasteiger partial charge in [0, 0.05) is 5.56 Å². The summed E-state index contributed by atoms with van der Waals surface area (Å²) in [7, 11) is 0. The predicted molar refractivity (Wildman–Crippen MR) is 102 cm³/mol. The van der Waals surface area contributed by atoms with Crippen molar-refractivity contribution in [3.05, 3.63) is 77.9 Å². The van der Waals surface area contributed by atoms with Gasteiger partial charge in [-0.3, -0.25) is 0 Å². The highest BCUT2D eigenvalue weighted by atomic mass is 19.1. The smallest absolute Gasteiger partial charge is 0.131 e. The van der Waals surface area contributed by atoms with E-state index in [2.05, 4.69) is 0 Å². The van der Waals surface area contributed by atoms with Crippen LogP contribution in [0, 0.1) is 11.6 Å². The second-order valence-corrected chi connectivity index (χ2v) is 6.21. The van der Waals surface area contributed by atoms with Gasteiger partial charge in [-0.25, -0.2) is 8.78 Å². The van der Waals surface area contributed by atoms with Crippen molar-refractivity contribution in [3.63, 3.8) is 0 Å². The van der Waals surface area contributed by atoms with Crippen LogP contribution in [0.3, 0.4) is 0 Å². The monoisotopic (exact) mass is 352 g/mol. The predicted octanol–water partition coefficient (Wildman–Crippen LogP) is 6.65. The van der Waals surface area contributed by atoms with E-state index in [0.717, 1.165) is 23.3 Å². The van der Waals surface area contributed by atoms with Crippen LogP contribution in [0.15, 0.2) is 60.7 Å². The molecule has 0 aliphatic carbocycles. The van der Waals surface area contributed by atoms with Crippen molar-refractivity contribution >= 4 is 0 Å². The summed E-state index contributed by atoms with van der Waals surface area (Å²) in [5, 5.41) is 0. The quantitative estimate of drug-likeness (QED) is 0.482. The van der Waals surface area contributed by atoms with E-state index >= 15 is 0 Å². The van der Waals surface area contributed by atoms with E-state index in [-0.39, 0.29) is 11.6 Å². The summed E-state index contributed by atoms with van der Waals surface area (Å²) in [6, 6.07) is 17.5. The maximum absolute atomic E-state index is 14.7. The van der Waals surface area contributed by atoms with Crippen molar-refractivity contribution in [1.82, 2.24) is 0 Å². The molecule has 3 aromatic rings. The van der Waals surface area contributed by atoms with Crippen molar-refractivity contribution in [2.24, 2.45) is 0 Å². The molecule has 26 heavy (non-hydrogen) atoms. The number of aryl methyl sites for hydroxylation is 1. The lowest BCUT2D eigenvalue weighted by molar-refractivity contribution is 0.340. The van der Waals surface area contributed by atoms with Gasteiger partial charge in [0.2, 0.25) is 0 Å². The molecule has 0 unspecified atom stereocenters. The number of rotatable bonds is 6. The lowest BCUT2D eigenvalue weighted by atomic mass is 9.98. The van der Waals surface area contributed by atoms with E-state index in [9.17, 15) is 8.78 Å². The molecule has 0 saturated carbocycles. The molecular formula is C23H22F2O. The first-order chi connectivity index (χ1) is 12.6. The number of ether oxygens (including phenoxy) is 1. The van der Waals surface area contributed by atoms with Crippen LogP contribution < -0.4 is 4.74 Å². The molecule has 134 valence electrons. The van der Waals surface area contributed by atoms with Crippen molar-refractivity contribution < 1.29 is 13.5 Å². The van der Waals surface area contributed by atoms with Crippen LogP contribution in [0.1, 0.15) is 25.8 Å². The van der Waals surface area contributed by atoms with E-state index in [4.69, 9.17) is 4.74 Å². The Morgan fingerprint density at radius 2 is 1.38 bits per heavy atom. The van der Waals surface area contributed by atoms with E-state index in [1.807, 2.05) is 44.2 Å². The summed E-state index contributed by atoms with van der Waals surface area (Å²) in [5.74, 6) is 0.148. The minimum absolute atomic E-state index is 0.278. The van der Waals surface area contributed by atoms with E-state index in [1.165, 1.54) is 12.1 Å². The molecule has 0 aromatic heterocycles. The Morgan fingerprint density at radius 3 is 2.00 bits per heavy atom. The highest BCUT2D eigenvalue weighted by molar-refractivity contribution is 5.71. The molecule has 1 nitrogen and oxygen atoms in total. The van der Waals surface area contributed by atoms with Gasteiger partial charge in [0.05, 0.1) is 6.61 Å². The third-order valence-electron chi connectivity index (χ3n) is 4.35. The van der Waals surface area contributed by atoms with Gasteiger partial charge in [-0.15, -0.1) is 0 Å². The minimum atomic E-state index is -0.362. The van der Waals surface area contributed by atoms with Crippen LogP contribution in [0.4, 0.5) is 8.78 Å². The molecule has 0 spiro atoms. The highest BCUT2D eigenvalue weighted by Gasteiger charge is 2.10. The molecule has 0 N–H and O–H groups in total. The summed E-state index contributed by atoms with van der Waals surface area (Å²) < 4.78 is 34.2. The highest BCUT2D eigenvalue weighted by Crippen LogP contribution is 2.30. The van der Waals surface area contributed by atoms with Crippen molar-refractivity contribution in [3.8, 4) is 28.0 Å². The molecular weight excluding hydrogens is 330 g/mol. The van der Waals surface area contributed by atoms with Crippen molar-refractivity contribution in [2.45, 2.75) is 26.7 Å². The molecule has 3 heteroatoms. The van der Waals surface area contributed by atoms with Crippen LogP contribution >= 0.6 is 0 Å². The van der Waals surface area contributed by atoms with Crippen LogP contribution in [0.5, 0.6) is 5.75 Å². The van der Waals surface area contributed by atoms with Crippen LogP contribution in [0.2, 0.25) is 0 Å². The van der Waals surface area contributed by atoms with Crippen LogP contribution in [0.25, 0.3) is 22.3 Å². The summed E-state index contributed by atoms with van der Waals surface area (Å²) in [6.07, 6.45) is 1.56. The Kier molecular flexibility index (Phi) is 5.67. The second kappa shape index (κ2) is 8.13. The largest absolute Gasteiger partial charge is 0.494 e. The van der Waals surface area contributed by atoms with Gasteiger partial charge in [0.25, 0.3) is 0 Å². The topological polar surface area (TPSA) is 9.23 Å². The molecule has 0 atom stereocenters. The first-order valence-corrected chi connectivity index (χ1v) is 8.94. The molecule has 0 radical (unpaired) electrons. The maximum Gasteiger partial charge on any atom is 0.131 e. The average Bonchev–Trinajstić information content (AvgIpc) is 2.64. The zero-order valence-electron chi connectivity index (χ0n) is 15.1. The molecule has 0 bridgehead atoms. The Hall–Kier alpha value is -2.68. The van der Waals surface area contributed by atoms with Gasteiger partial charge in [0.15, 0.2) is 0 Å². The van der Waals surface area contributed by atoms with Gasteiger partial charge < -0.3 is 4.74 Å². The van der Waals surface area contributed by atoms with Crippen LogP contribution in [-0.4, -0.2) is 6.61 Å². The summed E-state index contributed by atoms with van der Waals surface area (Å²) in [5.41, 5.74) is 3.31. The number of benzene rings is 3. The van der Waals surface area contributed by atoms with Gasteiger partial charge in [0.1, 0.15) is 17.4 Å². The third kappa shape index (κ3) is 3.93. The van der Waals surface area contributed by atoms with Gasteiger partial charge >= 0.3 is 0 Å². The number of halogens is 2. The molecule has 0 amide bonds. The van der Waals surface area contributed by atoms with E-state index in [1.54, 1.807) is 18.2 Å². The van der Waals surface area contributed by atoms with Crippen LogP contribution in [-0.2, 0) is 6.42 Å². The zero-order chi connectivity index (χ0) is 18.5. The lowest BCUT2D eigenvalue weighted by Gasteiger charge is -2.09. The molecule has 0 saturated heterocycles. The molecule has 0 aliphatic rings. The van der Waals surface area contributed by atoms with E-state index < -0.39 is 0 Å². The Labute approximate surface area is 153 Å². The Bertz CT molecular complexity index is 885. The summed E-state index contributed by atoms with van der Waals surface area (Å²) in [6.45, 7) is 4.54. The second-order valence-electron chi connectivity index (χ2n) is 6.21. The SMILES string of the molecule is CCCc1ccc(-c2ccc(-c3ccc(OCC)cc3)cc2F)cc1F. The standard InChI is InChI=1S/C23H22F2O/c1-3-5-17-6-7-19(15-22(17)24)21-13-10-18(14-23(21)25)16-8-11-20(12-9-16)26-4-2/h6-15H,3-5H2,1-2H3. The van der Waals surface area contributed by atoms with Gasteiger partial charge in [-0.2, -0.15) is 0 Å². The number of hydrogen-bond donors (Lipinski definition) is 0.